The molecule has 1 aromatic carbocycles. The molecule has 0 saturated carbocycles. The fourth-order valence-corrected chi connectivity index (χ4v) is 2.42. The Morgan fingerprint density at radius 1 is 1.32 bits per heavy atom. The first-order valence-corrected chi connectivity index (χ1v) is 7.13. The summed E-state index contributed by atoms with van der Waals surface area (Å²) in [6.45, 7) is 1.45. The van der Waals surface area contributed by atoms with Gasteiger partial charge in [0.1, 0.15) is 5.56 Å². The van der Waals surface area contributed by atoms with Gasteiger partial charge in [0.05, 0.1) is 12.1 Å². The maximum atomic E-state index is 11.8. The Bertz CT molecular complexity index is 824. The first kappa shape index (κ1) is 15.6. The monoisotopic (exact) mass is 319 g/mol. The van der Waals surface area contributed by atoms with Crippen molar-refractivity contribution in [2.24, 2.45) is 5.10 Å². The smallest absolute Gasteiger partial charge is 0.310 e. The van der Waals surface area contributed by atoms with Gasteiger partial charge in [-0.25, -0.2) is 5.43 Å². The first-order chi connectivity index (χ1) is 10.5. The predicted molar refractivity (Wildman–Crippen MR) is 83.4 cm³/mol. The Labute approximate surface area is 129 Å². The molecule has 0 atom stereocenters. The third-order valence-corrected chi connectivity index (χ3v) is 3.45. The number of hydrazone groups is 1. The van der Waals surface area contributed by atoms with Gasteiger partial charge in [-0.15, -0.1) is 0 Å². The van der Waals surface area contributed by atoms with Gasteiger partial charge in [0.2, 0.25) is 5.91 Å². The summed E-state index contributed by atoms with van der Waals surface area (Å²) in [6, 6.07) is 9.10. The Morgan fingerprint density at radius 3 is 2.64 bits per heavy atom. The SMILES string of the molecule is C/C(=N\NC(=O)Cc1ccccc1)c1c(O)sc(=O)[nH]c1=O. The maximum absolute atomic E-state index is 11.8. The first-order valence-electron chi connectivity index (χ1n) is 6.31. The highest BCUT2D eigenvalue weighted by Crippen LogP contribution is 2.14. The summed E-state index contributed by atoms with van der Waals surface area (Å²) in [5.74, 6) is -0.356. The number of rotatable bonds is 4. The minimum atomic E-state index is -0.750. The van der Waals surface area contributed by atoms with Gasteiger partial charge in [-0.2, -0.15) is 5.10 Å². The van der Waals surface area contributed by atoms with Gasteiger partial charge in [-0.3, -0.25) is 19.4 Å². The van der Waals surface area contributed by atoms with Gasteiger partial charge in [-0.05, 0) is 23.8 Å². The molecular formula is C14H13N3O4S. The predicted octanol–water partition coefficient (Wildman–Crippen LogP) is 0.585. The van der Waals surface area contributed by atoms with Crippen LogP contribution >= 0.6 is 11.3 Å². The van der Waals surface area contributed by atoms with Gasteiger partial charge in [-0.1, -0.05) is 30.3 Å². The maximum Gasteiger partial charge on any atom is 0.310 e. The summed E-state index contributed by atoms with van der Waals surface area (Å²) in [4.78, 5) is 35.8. The summed E-state index contributed by atoms with van der Waals surface area (Å²) in [7, 11) is 0. The van der Waals surface area contributed by atoms with Gasteiger partial charge in [0.15, 0.2) is 5.06 Å². The molecule has 8 heteroatoms. The topological polar surface area (TPSA) is 112 Å². The summed E-state index contributed by atoms with van der Waals surface area (Å²) in [6.07, 6.45) is 0.141. The number of carbonyl (C=O) groups is 1. The molecule has 22 heavy (non-hydrogen) atoms. The fourth-order valence-electron chi connectivity index (χ4n) is 1.76. The van der Waals surface area contributed by atoms with E-state index in [1.54, 1.807) is 12.1 Å². The lowest BCUT2D eigenvalue weighted by Crippen LogP contribution is -2.26. The van der Waals surface area contributed by atoms with E-state index in [1.807, 2.05) is 23.2 Å². The second-order valence-electron chi connectivity index (χ2n) is 4.42. The van der Waals surface area contributed by atoms with Crippen LogP contribution in [-0.4, -0.2) is 21.7 Å². The largest absolute Gasteiger partial charge is 0.499 e. The van der Waals surface area contributed by atoms with E-state index in [9.17, 15) is 19.5 Å². The van der Waals surface area contributed by atoms with E-state index in [0.717, 1.165) is 5.56 Å². The third-order valence-electron chi connectivity index (χ3n) is 2.76. The Morgan fingerprint density at radius 2 is 2.00 bits per heavy atom. The lowest BCUT2D eigenvalue weighted by Gasteiger charge is -2.03. The highest BCUT2D eigenvalue weighted by atomic mass is 32.1. The van der Waals surface area contributed by atoms with Gasteiger partial charge in [0.25, 0.3) is 5.56 Å². The summed E-state index contributed by atoms with van der Waals surface area (Å²) in [5, 5.41) is 13.0. The molecule has 114 valence electrons. The number of nitrogens with zero attached hydrogens (tertiary/aromatic N) is 1. The van der Waals surface area contributed by atoms with Crippen molar-refractivity contribution in [1.29, 1.82) is 0 Å². The highest BCUT2D eigenvalue weighted by Gasteiger charge is 2.12. The van der Waals surface area contributed by atoms with Crippen LogP contribution in [0, 0.1) is 0 Å². The van der Waals surface area contributed by atoms with Crippen molar-refractivity contribution in [3.05, 3.63) is 61.5 Å². The molecule has 1 amide bonds. The van der Waals surface area contributed by atoms with Gasteiger partial charge in [0, 0.05) is 0 Å². The van der Waals surface area contributed by atoms with E-state index in [4.69, 9.17) is 0 Å². The molecule has 0 aliphatic carbocycles. The van der Waals surface area contributed by atoms with Crippen LogP contribution in [0.15, 0.2) is 45.0 Å². The number of benzene rings is 1. The number of amides is 1. The van der Waals surface area contributed by atoms with Crippen LogP contribution in [0.3, 0.4) is 0 Å². The van der Waals surface area contributed by atoms with E-state index in [-0.39, 0.29) is 23.6 Å². The average molecular weight is 319 g/mol. The molecule has 0 bridgehead atoms. The molecular weight excluding hydrogens is 306 g/mol. The van der Waals surface area contributed by atoms with Crippen LogP contribution in [0.1, 0.15) is 18.1 Å². The van der Waals surface area contributed by atoms with Crippen molar-refractivity contribution in [2.45, 2.75) is 13.3 Å². The molecule has 0 saturated heterocycles. The molecule has 2 rings (SSSR count). The van der Waals surface area contributed by atoms with Crippen LogP contribution in [-0.2, 0) is 11.2 Å². The molecule has 0 aliphatic rings. The molecule has 0 aliphatic heterocycles. The normalized spacial score (nSPS) is 11.2. The number of nitrogens with one attached hydrogen (secondary N) is 2. The second-order valence-corrected chi connectivity index (χ2v) is 5.38. The molecule has 0 spiro atoms. The molecule has 7 nitrogen and oxygen atoms in total. The zero-order chi connectivity index (χ0) is 16.1. The average Bonchev–Trinajstić information content (AvgIpc) is 2.45. The Hall–Kier alpha value is -2.74. The molecule has 3 N–H and O–H groups in total. The molecule has 0 radical (unpaired) electrons. The van der Waals surface area contributed by atoms with Crippen molar-refractivity contribution in [1.82, 2.24) is 10.4 Å². The quantitative estimate of drug-likeness (QED) is 0.565. The standard InChI is InChI=1S/C14H13N3O4S/c1-8(11-12(19)15-14(21)22-13(11)20)16-17-10(18)7-9-5-3-2-4-6-9/h2-6,20H,7H2,1H3,(H,17,18)(H,15,19,21)/b16-8+. The fraction of sp³-hybridized carbons (Fsp3) is 0.143. The molecule has 1 aromatic heterocycles. The highest BCUT2D eigenvalue weighted by molar-refractivity contribution is 7.11. The summed E-state index contributed by atoms with van der Waals surface area (Å²) in [5.41, 5.74) is 2.36. The number of carbonyl (C=O) groups excluding carboxylic acids is 1. The molecule has 1 heterocycles. The minimum Gasteiger partial charge on any atom is -0.499 e. The van der Waals surface area contributed by atoms with Crippen LogP contribution < -0.4 is 15.9 Å². The number of aromatic hydroxyl groups is 1. The van der Waals surface area contributed by atoms with Crippen LogP contribution in [0.5, 0.6) is 5.06 Å². The van der Waals surface area contributed by atoms with Crippen LogP contribution in [0.4, 0.5) is 0 Å². The van der Waals surface area contributed by atoms with Crippen molar-refractivity contribution >= 4 is 23.0 Å². The number of aromatic nitrogens is 1. The van der Waals surface area contributed by atoms with Gasteiger partial charge < -0.3 is 5.11 Å². The van der Waals surface area contributed by atoms with E-state index < -0.39 is 15.5 Å². The lowest BCUT2D eigenvalue weighted by atomic mass is 10.1. The van der Waals surface area contributed by atoms with Crippen molar-refractivity contribution in [3.63, 3.8) is 0 Å². The molecule has 0 fully saturated rings. The molecule has 0 unspecified atom stereocenters. The van der Waals surface area contributed by atoms with E-state index >= 15 is 0 Å². The van der Waals surface area contributed by atoms with Crippen molar-refractivity contribution in [3.8, 4) is 5.06 Å². The van der Waals surface area contributed by atoms with E-state index in [0.29, 0.717) is 11.3 Å². The van der Waals surface area contributed by atoms with E-state index in [1.165, 1.54) is 6.92 Å². The zero-order valence-corrected chi connectivity index (χ0v) is 12.4. The third kappa shape index (κ3) is 3.89. The molecule has 2 aromatic rings. The van der Waals surface area contributed by atoms with Gasteiger partial charge >= 0.3 is 4.87 Å². The lowest BCUT2D eigenvalue weighted by molar-refractivity contribution is -0.120. The Balaban J connectivity index is 2.12. The number of hydrogen-bond acceptors (Lipinski definition) is 6. The number of H-pyrrole nitrogens is 1. The number of hydrogen-bond donors (Lipinski definition) is 3. The summed E-state index contributed by atoms with van der Waals surface area (Å²) < 4.78 is 0. The van der Waals surface area contributed by atoms with Crippen LogP contribution in [0.2, 0.25) is 0 Å². The Kier molecular flexibility index (Phi) is 4.84. The number of aromatic amines is 1. The van der Waals surface area contributed by atoms with Crippen molar-refractivity contribution in [2.75, 3.05) is 0 Å². The van der Waals surface area contributed by atoms with Crippen LogP contribution in [0.25, 0.3) is 0 Å². The van der Waals surface area contributed by atoms with Crippen molar-refractivity contribution < 1.29 is 9.90 Å². The zero-order valence-electron chi connectivity index (χ0n) is 11.6. The second kappa shape index (κ2) is 6.81. The van der Waals surface area contributed by atoms with E-state index in [2.05, 4.69) is 10.5 Å². The minimum absolute atomic E-state index is 0.108. The summed E-state index contributed by atoms with van der Waals surface area (Å²) >= 11 is 0.489.